The monoisotopic (exact) mass is 323 g/mol. The SMILES string of the molecule is CCc1cccc(CC)c1N(C(=N)N)c1c(CC)cccc1CC. The molecule has 0 aliphatic rings. The molecule has 2 aromatic carbocycles. The first kappa shape index (κ1) is 18.1. The minimum Gasteiger partial charge on any atom is -0.369 e. The Balaban J connectivity index is 2.81. The summed E-state index contributed by atoms with van der Waals surface area (Å²) in [4.78, 5) is 1.97. The number of para-hydroxylation sites is 2. The third-order valence-corrected chi connectivity index (χ3v) is 4.62. The van der Waals surface area contributed by atoms with Crippen LogP contribution in [0.2, 0.25) is 0 Å². The minimum absolute atomic E-state index is 0.0844. The summed E-state index contributed by atoms with van der Waals surface area (Å²) in [6.45, 7) is 8.62. The zero-order valence-corrected chi connectivity index (χ0v) is 15.3. The number of guanidine groups is 1. The highest BCUT2D eigenvalue weighted by Crippen LogP contribution is 2.37. The first-order valence-electron chi connectivity index (χ1n) is 8.94. The summed E-state index contributed by atoms with van der Waals surface area (Å²) in [5, 5.41) is 8.32. The molecule has 0 heterocycles. The summed E-state index contributed by atoms with van der Waals surface area (Å²) in [7, 11) is 0. The van der Waals surface area contributed by atoms with E-state index in [1.165, 1.54) is 22.3 Å². The fourth-order valence-corrected chi connectivity index (χ4v) is 3.36. The molecule has 2 aromatic rings. The summed E-state index contributed by atoms with van der Waals surface area (Å²) >= 11 is 0. The standard InChI is InChI=1S/C21H29N3/c1-5-15-11-9-12-16(6-2)19(15)24(21(22)23)20-17(7-3)13-10-14-18(20)8-4/h9-14H,5-8H2,1-4H3,(H3,22,23). The Morgan fingerprint density at radius 3 is 1.25 bits per heavy atom. The van der Waals surface area contributed by atoms with E-state index in [9.17, 15) is 0 Å². The molecule has 0 saturated carbocycles. The Morgan fingerprint density at radius 1 is 0.750 bits per heavy atom. The summed E-state index contributed by atoms with van der Waals surface area (Å²) in [6.07, 6.45) is 3.68. The highest BCUT2D eigenvalue weighted by atomic mass is 15.2. The van der Waals surface area contributed by atoms with Crippen molar-refractivity contribution in [2.24, 2.45) is 5.73 Å². The van der Waals surface area contributed by atoms with E-state index in [1.807, 2.05) is 4.90 Å². The molecular weight excluding hydrogens is 294 g/mol. The largest absolute Gasteiger partial charge is 0.369 e. The molecule has 0 saturated heterocycles. The number of aryl methyl sites for hydroxylation is 4. The molecule has 3 nitrogen and oxygen atoms in total. The Bertz CT molecular complexity index is 619. The van der Waals surface area contributed by atoms with Crippen LogP contribution in [-0.4, -0.2) is 5.96 Å². The average molecular weight is 323 g/mol. The van der Waals surface area contributed by atoms with Crippen molar-refractivity contribution in [3.63, 3.8) is 0 Å². The maximum atomic E-state index is 8.32. The van der Waals surface area contributed by atoms with E-state index >= 15 is 0 Å². The van der Waals surface area contributed by atoms with Crippen LogP contribution in [0.5, 0.6) is 0 Å². The predicted molar refractivity (Wildman–Crippen MR) is 104 cm³/mol. The van der Waals surface area contributed by atoms with Gasteiger partial charge < -0.3 is 5.73 Å². The maximum absolute atomic E-state index is 8.32. The van der Waals surface area contributed by atoms with Gasteiger partial charge in [0.25, 0.3) is 0 Å². The van der Waals surface area contributed by atoms with Crippen LogP contribution >= 0.6 is 0 Å². The number of benzene rings is 2. The molecule has 0 spiro atoms. The number of rotatable bonds is 6. The van der Waals surface area contributed by atoms with Crippen LogP contribution in [0, 0.1) is 5.41 Å². The van der Waals surface area contributed by atoms with Gasteiger partial charge in [0.2, 0.25) is 0 Å². The lowest BCUT2D eigenvalue weighted by Gasteiger charge is -2.31. The smallest absolute Gasteiger partial charge is 0.197 e. The van der Waals surface area contributed by atoms with Crippen LogP contribution in [-0.2, 0) is 25.7 Å². The van der Waals surface area contributed by atoms with Crippen molar-refractivity contribution >= 4 is 17.3 Å². The van der Waals surface area contributed by atoms with Gasteiger partial charge in [0.1, 0.15) is 0 Å². The van der Waals surface area contributed by atoms with Gasteiger partial charge in [-0.2, -0.15) is 0 Å². The highest BCUT2D eigenvalue weighted by Gasteiger charge is 2.23. The van der Waals surface area contributed by atoms with E-state index in [0.717, 1.165) is 37.1 Å². The first-order chi connectivity index (χ1) is 11.6. The van der Waals surface area contributed by atoms with Crippen LogP contribution in [0.25, 0.3) is 0 Å². The van der Waals surface area contributed by atoms with Gasteiger partial charge in [-0.15, -0.1) is 0 Å². The average Bonchev–Trinajstić information content (AvgIpc) is 2.61. The first-order valence-corrected chi connectivity index (χ1v) is 8.94. The second kappa shape index (κ2) is 8.00. The van der Waals surface area contributed by atoms with Crippen molar-refractivity contribution in [3.05, 3.63) is 58.7 Å². The van der Waals surface area contributed by atoms with Crippen molar-refractivity contribution in [3.8, 4) is 0 Å². The Kier molecular flexibility index (Phi) is 6.02. The van der Waals surface area contributed by atoms with Gasteiger partial charge in [0.05, 0.1) is 11.4 Å². The third kappa shape index (κ3) is 3.30. The minimum atomic E-state index is 0.0844. The molecule has 24 heavy (non-hydrogen) atoms. The van der Waals surface area contributed by atoms with Gasteiger partial charge in [-0.3, -0.25) is 10.3 Å². The number of nitrogens with two attached hydrogens (primary N) is 1. The number of hydrogen-bond donors (Lipinski definition) is 2. The summed E-state index contributed by atoms with van der Waals surface area (Å²) < 4.78 is 0. The van der Waals surface area contributed by atoms with Crippen LogP contribution in [0.15, 0.2) is 36.4 Å². The molecular formula is C21H29N3. The van der Waals surface area contributed by atoms with E-state index in [4.69, 9.17) is 11.1 Å². The van der Waals surface area contributed by atoms with Crippen molar-refractivity contribution < 1.29 is 0 Å². The molecule has 0 unspecified atom stereocenters. The van der Waals surface area contributed by atoms with Crippen LogP contribution in [0.1, 0.15) is 49.9 Å². The second-order valence-corrected chi connectivity index (χ2v) is 5.98. The molecule has 0 atom stereocenters. The molecule has 0 bridgehead atoms. The molecule has 3 heteroatoms. The van der Waals surface area contributed by atoms with Gasteiger partial charge in [-0.05, 0) is 47.9 Å². The lowest BCUT2D eigenvalue weighted by molar-refractivity contribution is 1.03. The van der Waals surface area contributed by atoms with Crippen molar-refractivity contribution in [2.45, 2.75) is 53.4 Å². The van der Waals surface area contributed by atoms with Gasteiger partial charge in [0, 0.05) is 0 Å². The van der Waals surface area contributed by atoms with E-state index in [0.29, 0.717) is 0 Å². The Labute approximate surface area is 146 Å². The number of nitrogens with zero attached hydrogens (tertiary/aromatic N) is 1. The molecule has 0 fully saturated rings. The highest BCUT2D eigenvalue weighted by molar-refractivity contribution is 6.02. The normalized spacial score (nSPS) is 10.7. The predicted octanol–water partition coefficient (Wildman–Crippen LogP) is 4.97. The fourth-order valence-electron chi connectivity index (χ4n) is 3.36. The zero-order chi connectivity index (χ0) is 17.7. The number of nitrogens with one attached hydrogen (secondary N) is 1. The second-order valence-electron chi connectivity index (χ2n) is 5.98. The molecule has 0 amide bonds. The van der Waals surface area contributed by atoms with Gasteiger partial charge in [0.15, 0.2) is 5.96 Å². The van der Waals surface area contributed by atoms with E-state index in [2.05, 4.69) is 64.1 Å². The van der Waals surface area contributed by atoms with Crippen molar-refractivity contribution in [2.75, 3.05) is 4.90 Å². The number of hydrogen-bond acceptors (Lipinski definition) is 1. The summed E-state index contributed by atoms with van der Waals surface area (Å²) in [6, 6.07) is 12.8. The lowest BCUT2D eigenvalue weighted by atomic mass is 9.97. The Hall–Kier alpha value is -2.29. The van der Waals surface area contributed by atoms with Crippen molar-refractivity contribution in [1.29, 1.82) is 5.41 Å². The lowest BCUT2D eigenvalue weighted by Crippen LogP contribution is -2.35. The topological polar surface area (TPSA) is 53.1 Å². The molecule has 0 aromatic heterocycles. The fraction of sp³-hybridized carbons (Fsp3) is 0.381. The number of anilines is 2. The van der Waals surface area contributed by atoms with Gasteiger partial charge in [-0.25, -0.2) is 0 Å². The van der Waals surface area contributed by atoms with E-state index in [1.54, 1.807) is 0 Å². The quantitative estimate of drug-likeness (QED) is 0.582. The van der Waals surface area contributed by atoms with E-state index < -0.39 is 0 Å². The summed E-state index contributed by atoms with van der Waals surface area (Å²) in [5.41, 5.74) is 13.2. The molecule has 3 N–H and O–H groups in total. The van der Waals surface area contributed by atoms with Gasteiger partial charge in [-0.1, -0.05) is 64.1 Å². The molecule has 128 valence electrons. The van der Waals surface area contributed by atoms with E-state index in [-0.39, 0.29) is 5.96 Å². The molecule has 2 rings (SSSR count). The summed E-state index contributed by atoms with van der Waals surface area (Å²) in [5.74, 6) is 0.0844. The van der Waals surface area contributed by atoms with Crippen LogP contribution < -0.4 is 10.6 Å². The van der Waals surface area contributed by atoms with Crippen LogP contribution in [0.3, 0.4) is 0 Å². The van der Waals surface area contributed by atoms with Crippen molar-refractivity contribution in [1.82, 2.24) is 0 Å². The third-order valence-electron chi connectivity index (χ3n) is 4.62. The maximum Gasteiger partial charge on any atom is 0.197 e. The van der Waals surface area contributed by atoms with Gasteiger partial charge >= 0.3 is 0 Å². The molecule has 0 aliphatic carbocycles. The molecule has 0 radical (unpaired) electrons. The molecule has 0 aliphatic heterocycles. The zero-order valence-electron chi connectivity index (χ0n) is 15.3. The van der Waals surface area contributed by atoms with Crippen LogP contribution in [0.4, 0.5) is 11.4 Å². The Morgan fingerprint density at radius 2 is 1.04 bits per heavy atom.